The van der Waals surface area contributed by atoms with E-state index in [1.165, 1.54) is 0 Å². The van der Waals surface area contributed by atoms with Crippen LogP contribution >= 0.6 is 0 Å². The zero-order valence-electron chi connectivity index (χ0n) is 12.8. The fourth-order valence-electron chi connectivity index (χ4n) is 2.48. The van der Waals surface area contributed by atoms with E-state index in [2.05, 4.69) is 5.32 Å². The number of nitrogens with one attached hydrogen (secondary N) is 1. The molecule has 2 N–H and O–H groups in total. The topological polar surface area (TPSA) is 84.9 Å². The first kappa shape index (κ1) is 16.3. The number of aryl methyl sites for hydroxylation is 1. The number of hydrogen-bond donors (Lipinski definition) is 2. The summed E-state index contributed by atoms with van der Waals surface area (Å²) in [6.07, 6.45) is -0.0213. The van der Waals surface area contributed by atoms with Crippen LogP contribution in [0.2, 0.25) is 0 Å². The van der Waals surface area contributed by atoms with Crippen LogP contribution in [0.25, 0.3) is 0 Å². The molecule has 1 amide bonds. The summed E-state index contributed by atoms with van der Waals surface area (Å²) in [7, 11) is 1.63. The highest BCUT2D eigenvalue weighted by Gasteiger charge is 2.34. The molecule has 1 heterocycles. The molecule has 0 bridgehead atoms. The summed E-state index contributed by atoms with van der Waals surface area (Å²) in [5.74, 6) is -0.433. The van der Waals surface area contributed by atoms with Gasteiger partial charge in [-0.15, -0.1) is 0 Å². The maximum atomic E-state index is 11.9. The molecular weight excluding hydrogens is 286 g/mol. The van der Waals surface area contributed by atoms with Crippen LogP contribution in [0.4, 0.5) is 0 Å². The van der Waals surface area contributed by atoms with Gasteiger partial charge in [0, 0.05) is 6.54 Å². The fourth-order valence-corrected chi connectivity index (χ4v) is 2.48. The van der Waals surface area contributed by atoms with Crippen molar-refractivity contribution in [2.24, 2.45) is 0 Å². The van der Waals surface area contributed by atoms with Crippen LogP contribution < -0.4 is 10.1 Å². The lowest BCUT2D eigenvalue weighted by Gasteiger charge is -2.12. The average molecular weight is 307 g/mol. The third-order valence-corrected chi connectivity index (χ3v) is 3.77. The van der Waals surface area contributed by atoms with Gasteiger partial charge in [0.25, 0.3) is 0 Å². The molecule has 0 unspecified atom stereocenters. The second-order valence-corrected chi connectivity index (χ2v) is 5.37. The number of carboxylic acids is 1. The van der Waals surface area contributed by atoms with E-state index in [-0.39, 0.29) is 5.91 Å². The maximum Gasteiger partial charge on any atom is 0.332 e. The molecular formula is C16H21NO5. The molecule has 0 spiro atoms. The predicted octanol–water partition coefficient (Wildman–Crippen LogP) is 1.29. The van der Waals surface area contributed by atoms with E-state index in [9.17, 15) is 9.59 Å². The Kier molecular flexibility index (Phi) is 5.38. The van der Waals surface area contributed by atoms with Gasteiger partial charge in [0.1, 0.15) is 11.9 Å². The van der Waals surface area contributed by atoms with Gasteiger partial charge in [0.05, 0.1) is 7.11 Å². The number of carboxylic acid groups (broad SMARTS) is 1. The Bertz CT molecular complexity index is 557. The van der Waals surface area contributed by atoms with Crippen molar-refractivity contribution in [3.8, 4) is 5.75 Å². The van der Waals surface area contributed by atoms with Crippen LogP contribution in [-0.4, -0.2) is 42.8 Å². The van der Waals surface area contributed by atoms with Gasteiger partial charge in [-0.05, 0) is 43.4 Å². The van der Waals surface area contributed by atoms with Gasteiger partial charge in [0.15, 0.2) is 6.10 Å². The first-order valence-corrected chi connectivity index (χ1v) is 7.30. The Hall–Kier alpha value is -2.08. The van der Waals surface area contributed by atoms with E-state index >= 15 is 0 Å². The molecule has 1 fully saturated rings. The lowest BCUT2D eigenvalue weighted by atomic mass is 10.1. The minimum absolute atomic E-state index is 0.247. The summed E-state index contributed by atoms with van der Waals surface area (Å²) in [6.45, 7) is 2.45. The second-order valence-electron chi connectivity index (χ2n) is 5.37. The van der Waals surface area contributed by atoms with Crippen molar-refractivity contribution < 1.29 is 24.2 Å². The standard InChI is InChI=1S/C16H21NO5/c1-10-3-4-11(9-14(10)21-2)7-8-17-15(18)12-5-6-13(22-12)16(19)20/h3-4,9,12-13H,5-8H2,1-2H3,(H,17,18)(H,19,20)/t12-,13+/m0/s1. The summed E-state index contributed by atoms with van der Waals surface area (Å²) in [5, 5.41) is 11.6. The fraction of sp³-hybridized carbons (Fsp3) is 0.500. The lowest BCUT2D eigenvalue weighted by molar-refractivity contribution is -0.151. The number of amides is 1. The highest BCUT2D eigenvalue weighted by Crippen LogP contribution is 2.20. The molecule has 1 aromatic carbocycles. The average Bonchev–Trinajstić information content (AvgIpc) is 2.99. The van der Waals surface area contributed by atoms with Crippen molar-refractivity contribution in [1.82, 2.24) is 5.32 Å². The Morgan fingerprint density at radius 1 is 1.36 bits per heavy atom. The van der Waals surface area contributed by atoms with Gasteiger partial charge in [0.2, 0.25) is 5.91 Å². The number of benzene rings is 1. The molecule has 0 aliphatic carbocycles. The van der Waals surface area contributed by atoms with E-state index in [0.717, 1.165) is 16.9 Å². The number of ether oxygens (including phenoxy) is 2. The number of methoxy groups -OCH3 is 1. The van der Waals surface area contributed by atoms with Crippen molar-refractivity contribution in [2.45, 2.75) is 38.4 Å². The second kappa shape index (κ2) is 7.26. The van der Waals surface area contributed by atoms with E-state index in [0.29, 0.717) is 25.8 Å². The SMILES string of the molecule is COc1cc(CCNC(=O)[C@@H]2CC[C@H](C(=O)O)O2)ccc1C. The van der Waals surface area contributed by atoms with Gasteiger partial charge in [-0.1, -0.05) is 12.1 Å². The number of rotatable bonds is 6. The quantitative estimate of drug-likeness (QED) is 0.827. The summed E-state index contributed by atoms with van der Waals surface area (Å²) in [6, 6.07) is 5.93. The van der Waals surface area contributed by atoms with Crippen molar-refractivity contribution in [3.05, 3.63) is 29.3 Å². The van der Waals surface area contributed by atoms with Crippen LogP contribution in [0.3, 0.4) is 0 Å². The first-order chi connectivity index (χ1) is 10.5. The minimum Gasteiger partial charge on any atom is -0.496 e. The molecule has 1 aromatic rings. The Labute approximate surface area is 129 Å². The molecule has 0 saturated carbocycles. The highest BCUT2D eigenvalue weighted by atomic mass is 16.5. The normalized spacial score (nSPS) is 20.6. The van der Waals surface area contributed by atoms with E-state index in [1.807, 2.05) is 25.1 Å². The molecule has 0 aromatic heterocycles. The van der Waals surface area contributed by atoms with Crippen LogP contribution in [0.15, 0.2) is 18.2 Å². The summed E-state index contributed by atoms with van der Waals surface area (Å²) < 4.78 is 10.5. The van der Waals surface area contributed by atoms with Crippen molar-refractivity contribution in [3.63, 3.8) is 0 Å². The summed E-state index contributed by atoms with van der Waals surface area (Å²) in [5.41, 5.74) is 2.13. The third kappa shape index (κ3) is 3.98. The minimum atomic E-state index is -1.01. The molecule has 1 aliphatic rings. The molecule has 22 heavy (non-hydrogen) atoms. The summed E-state index contributed by atoms with van der Waals surface area (Å²) in [4.78, 5) is 22.7. The molecule has 6 nitrogen and oxygen atoms in total. The molecule has 6 heteroatoms. The molecule has 1 aliphatic heterocycles. The zero-order chi connectivity index (χ0) is 16.1. The number of carbonyl (C=O) groups excluding carboxylic acids is 1. The van der Waals surface area contributed by atoms with Gasteiger partial charge in [-0.2, -0.15) is 0 Å². The van der Waals surface area contributed by atoms with Gasteiger partial charge in [-0.25, -0.2) is 4.79 Å². The Morgan fingerprint density at radius 2 is 2.09 bits per heavy atom. The largest absolute Gasteiger partial charge is 0.496 e. The first-order valence-electron chi connectivity index (χ1n) is 7.30. The van der Waals surface area contributed by atoms with Gasteiger partial charge < -0.3 is 19.9 Å². The van der Waals surface area contributed by atoms with Crippen LogP contribution in [0.5, 0.6) is 5.75 Å². The van der Waals surface area contributed by atoms with Crippen molar-refractivity contribution in [2.75, 3.05) is 13.7 Å². The van der Waals surface area contributed by atoms with E-state index in [4.69, 9.17) is 14.6 Å². The van der Waals surface area contributed by atoms with Crippen LogP contribution in [0.1, 0.15) is 24.0 Å². The van der Waals surface area contributed by atoms with E-state index < -0.39 is 18.2 Å². The highest BCUT2D eigenvalue weighted by molar-refractivity contribution is 5.82. The van der Waals surface area contributed by atoms with Gasteiger partial charge >= 0.3 is 5.97 Å². The number of aliphatic carboxylic acids is 1. The van der Waals surface area contributed by atoms with Gasteiger partial charge in [-0.3, -0.25) is 4.79 Å². The molecule has 120 valence electrons. The number of hydrogen-bond acceptors (Lipinski definition) is 4. The molecule has 1 saturated heterocycles. The molecule has 0 radical (unpaired) electrons. The smallest absolute Gasteiger partial charge is 0.332 e. The number of carbonyl (C=O) groups is 2. The Balaban J connectivity index is 1.79. The van der Waals surface area contributed by atoms with Crippen molar-refractivity contribution >= 4 is 11.9 Å². The monoisotopic (exact) mass is 307 g/mol. The third-order valence-electron chi connectivity index (χ3n) is 3.77. The Morgan fingerprint density at radius 3 is 2.73 bits per heavy atom. The van der Waals surface area contributed by atoms with Crippen molar-refractivity contribution in [1.29, 1.82) is 0 Å². The van der Waals surface area contributed by atoms with E-state index in [1.54, 1.807) is 7.11 Å². The summed E-state index contributed by atoms with van der Waals surface area (Å²) >= 11 is 0. The maximum absolute atomic E-state index is 11.9. The van der Waals surface area contributed by atoms with Crippen LogP contribution in [-0.2, 0) is 20.7 Å². The predicted molar refractivity (Wildman–Crippen MR) is 80.0 cm³/mol. The molecule has 2 rings (SSSR count). The van der Waals surface area contributed by atoms with Crippen LogP contribution in [0, 0.1) is 6.92 Å². The molecule has 2 atom stereocenters. The zero-order valence-corrected chi connectivity index (χ0v) is 12.8. The lowest BCUT2D eigenvalue weighted by Crippen LogP contribution is -2.36.